The third-order valence-electron chi connectivity index (χ3n) is 4.58. The molecule has 0 aromatic rings. The van der Waals surface area contributed by atoms with Crippen LogP contribution in [0.25, 0.3) is 0 Å². The van der Waals surface area contributed by atoms with E-state index in [0.29, 0.717) is 6.42 Å². The molecule has 0 aromatic heterocycles. The first-order valence-corrected chi connectivity index (χ1v) is 9.65. The highest BCUT2D eigenvalue weighted by Crippen LogP contribution is 2.11. The first kappa shape index (κ1) is 15.8. The van der Waals surface area contributed by atoms with Gasteiger partial charge in [-0.05, 0) is 39.0 Å². The number of hydrogen-bond donors (Lipinski definition) is 2. The van der Waals surface area contributed by atoms with Crippen LogP contribution in [0.4, 0.5) is 0 Å². The number of rotatable bonds is 3. The lowest BCUT2D eigenvalue weighted by atomic mass is 10.1. The summed E-state index contributed by atoms with van der Waals surface area (Å²) in [5.74, 6) is 0.339. The summed E-state index contributed by atoms with van der Waals surface area (Å²) in [6, 6.07) is -0.250. The van der Waals surface area contributed by atoms with E-state index in [1.165, 1.54) is 37.0 Å². The highest BCUT2D eigenvalue weighted by molar-refractivity contribution is 7.91. The van der Waals surface area contributed by atoms with Gasteiger partial charge in [0, 0.05) is 6.04 Å². The molecule has 2 heterocycles. The van der Waals surface area contributed by atoms with Gasteiger partial charge in [0.05, 0.1) is 24.6 Å². The first-order valence-electron chi connectivity index (χ1n) is 7.83. The normalized spacial score (nSPS) is 29.4. The monoisotopic (exact) mass is 303 g/mol. The molecule has 0 unspecified atom stereocenters. The summed E-state index contributed by atoms with van der Waals surface area (Å²) in [5, 5.41) is 2.93. The molecule has 2 saturated heterocycles. The van der Waals surface area contributed by atoms with Crippen LogP contribution in [0.5, 0.6) is 0 Å². The van der Waals surface area contributed by atoms with Gasteiger partial charge in [0.25, 0.3) is 5.91 Å². The summed E-state index contributed by atoms with van der Waals surface area (Å²) in [6.45, 7) is 4.07. The Morgan fingerprint density at radius 3 is 2.30 bits per heavy atom. The molecular formula is C14H27N2O3S+. The van der Waals surface area contributed by atoms with Gasteiger partial charge in [-0.1, -0.05) is 6.42 Å². The van der Waals surface area contributed by atoms with Crippen LogP contribution >= 0.6 is 0 Å². The number of amides is 1. The number of quaternary nitrogens is 1. The third kappa shape index (κ3) is 4.45. The van der Waals surface area contributed by atoms with Gasteiger partial charge >= 0.3 is 0 Å². The molecule has 2 atom stereocenters. The second-order valence-electron chi connectivity index (χ2n) is 6.26. The van der Waals surface area contributed by atoms with E-state index in [-0.39, 0.29) is 29.5 Å². The van der Waals surface area contributed by atoms with Gasteiger partial charge in [-0.3, -0.25) is 4.79 Å². The summed E-state index contributed by atoms with van der Waals surface area (Å²) < 4.78 is 22.8. The fourth-order valence-electron chi connectivity index (χ4n) is 3.21. The molecule has 5 nitrogen and oxygen atoms in total. The van der Waals surface area contributed by atoms with E-state index in [9.17, 15) is 13.2 Å². The zero-order chi connectivity index (χ0) is 14.6. The standard InChI is InChI=1S/C14H26N2O3S/c1-12(16-8-5-3-2-4-6-9-16)14(17)15-13-7-10-20(18,19)11-13/h12-13H,2-11H2,1H3,(H,15,17)/p+1/t12-,13-/m1/s1. The SMILES string of the molecule is C[C@H](C(=O)N[C@@H]1CCS(=O)(=O)C1)[NH+]1CCCCCCC1. The molecule has 0 aromatic carbocycles. The molecule has 0 aliphatic carbocycles. The molecule has 6 heteroatoms. The Balaban J connectivity index is 1.84. The van der Waals surface area contributed by atoms with Crippen LogP contribution in [-0.4, -0.2) is 51.0 Å². The van der Waals surface area contributed by atoms with Gasteiger partial charge < -0.3 is 10.2 Å². The van der Waals surface area contributed by atoms with Gasteiger partial charge in [0.1, 0.15) is 0 Å². The highest BCUT2D eigenvalue weighted by Gasteiger charge is 2.32. The van der Waals surface area contributed by atoms with Crippen molar-refractivity contribution in [2.24, 2.45) is 0 Å². The van der Waals surface area contributed by atoms with Crippen LogP contribution in [0.15, 0.2) is 0 Å². The Labute approximate surface area is 122 Å². The van der Waals surface area contributed by atoms with Crippen molar-refractivity contribution in [3.63, 3.8) is 0 Å². The number of likely N-dealkylation sites (tertiary alicyclic amines) is 1. The Bertz CT molecular complexity index is 428. The maximum Gasteiger partial charge on any atom is 0.278 e. The van der Waals surface area contributed by atoms with Crippen LogP contribution in [-0.2, 0) is 14.6 Å². The molecular weight excluding hydrogens is 276 g/mol. The second kappa shape index (κ2) is 6.89. The topological polar surface area (TPSA) is 67.7 Å². The van der Waals surface area contributed by atoms with Crippen molar-refractivity contribution in [2.45, 2.75) is 57.5 Å². The lowest BCUT2D eigenvalue weighted by Gasteiger charge is -2.27. The van der Waals surface area contributed by atoms with Gasteiger partial charge in [0.2, 0.25) is 0 Å². The molecule has 0 bridgehead atoms. The quantitative estimate of drug-likeness (QED) is 0.740. The van der Waals surface area contributed by atoms with Crippen molar-refractivity contribution in [2.75, 3.05) is 24.6 Å². The molecule has 2 aliphatic rings. The number of carbonyl (C=O) groups excluding carboxylic acids is 1. The van der Waals surface area contributed by atoms with Gasteiger partial charge in [-0.25, -0.2) is 8.42 Å². The number of carbonyl (C=O) groups is 1. The van der Waals surface area contributed by atoms with E-state index in [1.54, 1.807) is 0 Å². The fourth-order valence-corrected chi connectivity index (χ4v) is 4.89. The predicted octanol–water partition coefficient (Wildman–Crippen LogP) is -0.473. The summed E-state index contributed by atoms with van der Waals surface area (Å²) >= 11 is 0. The van der Waals surface area contributed by atoms with Crippen molar-refractivity contribution in [3.8, 4) is 0 Å². The molecule has 0 spiro atoms. The van der Waals surface area contributed by atoms with E-state index in [2.05, 4.69) is 5.32 Å². The van der Waals surface area contributed by atoms with E-state index in [0.717, 1.165) is 13.1 Å². The zero-order valence-corrected chi connectivity index (χ0v) is 13.2. The van der Waals surface area contributed by atoms with Crippen molar-refractivity contribution in [3.05, 3.63) is 0 Å². The van der Waals surface area contributed by atoms with Crippen molar-refractivity contribution < 1.29 is 18.1 Å². The summed E-state index contributed by atoms with van der Waals surface area (Å²) in [7, 11) is -2.92. The second-order valence-corrected chi connectivity index (χ2v) is 8.48. The van der Waals surface area contributed by atoms with E-state index in [1.807, 2.05) is 6.92 Å². The number of sulfone groups is 1. The van der Waals surface area contributed by atoms with Crippen LogP contribution in [0.2, 0.25) is 0 Å². The Hall–Kier alpha value is -0.620. The zero-order valence-electron chi connectivity index (χ0n) is 12.4. The van der Waals surface area contributed by atoms with Crippen LogP contribution < -0.4 is 10.2 Å². The van der Waals surface area contributed by atoms with E-state index < -0.39 is 9.84 Å². The van der Waals surface area contributed by atoms with E-state index in [4.69, 9.17) is 0 Å². The summed E-state index contributed by atoms with van der Waals surface area (Å²) in [6.07, 6.45) is 6.77. The van der Waals surface area contributed by atoms with Crippen LogP contribution in [0, 0.1) is 0 Å². The Morgan fingerprint density at radius 2 is 1.75 bits per heavy atom. The first-order chi connectivity index (χ1) is 9.48. The largest absolute Gasteiger partial charge is 0.347 e. The minimum atomic E-state index is -2.92. The Kier molecular flexibility index (Phi) is 5.43. The lowest BCUT2D eigenvalue weighted by Crippen LogP contribution is -3.16. The molecule has 20 heavy (non-hydrogen) atoms. The van der Waals surface area contributed by atoms with Crippen molar-refractivity contribution in [1.29, 1.82) is 0 Å². The minimum Gasteiger partial charge on any atom is -0.347 e. The average Bonchev–Trinajstić information content (AvgIpc) is 2.67. The maximum atomic E-state index is 12.3. The average molecular weight is 303 g/mol. The predicted molar refractivity (Wildman–Crippen MR) is 78.4 cm³/mol. The minimum absolute atomic E-state index is 0.0164. The molecule has 1 amide bonds. The maximum absolute atomic E-state index is 12.3. The molecule has 2 fully saturated rings. The van der Waals surface area contributed by atoms with Gasteiger partial charge in [0.15, 0.2) is 15.9 Å². The molecule has 2 rings (SSSR count). The fraction of sp³-hybridized carbons (Fsp3) is 0.929. The van der Waals surface area contributed by atoms with Crippen molar-refractivity contribution in [1.82, 2.24) is 5.32 Å². The number of hydrogen-bond acceptors (Lipinski definition) is 3. The highest BCUT2D eigenvalue weighted by atomic mass is 32.2. The molecule has 116 valence electrons. The number of nitrogens with one attached hydrogen (secondary N) is 2. The van der Waals surface area contributed by atoms with Crippen molar-refractivity contribution >= 4 is 15.7 Å². The summed E-state index contributed by atoms with van der Waals surface area (Å²) in [4.78, 5) is 13.6. The van der Waals surface area contributed by atoms with Gasteiger partial charge in [-0.2, -0.15) is 0 Å². The molecule has 0 radical (unpaired) electrons. The third-order valence-corrected chi connectivity index (χ3v) is 6.35. The Morgan fingerprint density at radius 1 is 1.15 bits per heavy atom. The van der Waals surface area contributed by atoms with Gasteiger partial charge in [-0.15, -0.1) is 0 Å². The van der Waals surface area contributed by atoms with E-state index >= 15 is 0 Å². The lowest BCUT2D eigenvalue weighted by molar-refractivity contribution is -0.915. The van der Waals surface area contributed by atoms with Crippen LogP contribution in [0.3, 0.4) is 0 Å². The smallest absolute Gasteiger partial charge is 0.278 e. The molecule has 2 N–H and O–H groups in total. The van der Waals surface area contributed by atoms with Crippen LogP contribution in [0.1, 0.15) is 45.4 Å². The molecule has 0 saturated carbocycles. The molecule has 2 aliphatic heterocycles. The summed E-state index contributed by atoms with van der Waals surface area (Å²) in [5.41, 5.74) is 0.